The van der Waals surface area contributed by atoms with Crippen LogP contribution >= 0.6 is 0 Å². The fraction of sp³-hybridized carbons (Fsp3) is 0.600. The molecule has 0 saturated heterocycles. The molecule has 164 valence electrons. The van der Waals surface area contributed by atoms with Crippen LogP contribution in [0.1, 0.15) is 47.5 Å². The van der Waals surface area contributed by atoms with Gasteiger partial charge < -0.3 is 15.7 Å². The number of nitrogens with one attached hydrogen (secondary N) is 3. The number of carbonyl (C=O) groups is 3. The number of rotatable bonds is 8. The lowest BCUT2D eigenvalue weighted by Gasteiger charge is -2.31. The summed E-state index contributed by atoms with van der Waals surface area (Å²) in [5.41, 5.74) is 0.997. The van der Waals surface area contributed by atoms with Gasteiger partial charge in [0.15, 0.2) is 0 Å². The van der Waals surface area contributed by atoms with Crippen LogP contribution in [0.15, 0.2) is 24.4 Å². The van der Waals surface area contributed by atoms with Crippen molar-refractivity contribution in [3.05, 3.63) is 24.4 Å². The fourth-order valence-electron chi connectivity index (χ4n) is 2.69. The van der Waals surface area contributed by atoms with Gasteiger partial charge in [0.25, 0.3) is 0 Å². The Hall–Kier alpha value is -2.52. The third-order valence-electron chi connectivity index (χ3n) is 4.01. The number of aliphatic hydroxyl groups is 1. The highest BCUT2D eigenvalue weighted by molar-refractivity contribution is 5.97. The molecule has 1 aromatic heterocycles. The van der Waals surface area contributed by atoms with E-state index in [1.807, 2.05) is 34.6 Å². The van der Waals surface area contributed by atoms with Gasteiger partial charge >= 0.3 is 0 Å². The number of aromatic nitrogens is 1. The number of carbonyl (C=O) groups excluding carboxylic acids is 3. The zero-order valence-electron chi connectivity index (χ0n) is 18.0. The number of anilines is 1. The van der Waals surface area contributed by atoms with E-state index in [4.69, 9.17) is 10.3 Å². The lowest BCUT2D eigenvalue weighted by atomic mass is 9.85. The second-order valence-electron chi connectivity index (χ2n) is 8.08. The summed E-state index contributed by atoms with van der Waals surface area (Å²) in [5.74, 6) is -1.51. The van der Waals surface area contributed by atoms with Gasteiger partial charge in [-0.3, -0.25) is 19.6 Å². The highest BCUT2D eigenvalue weighted by atomic mass is 16.5. The van der Waals surface area contributed by atoms with Crippen molar-refractivity contribution in [3.8, 4) is 0 Å². The third-order valence-corrected chi connectivity index (χ3v) is 4.01. The molecule has 2 unspecified atom stereocenters. The minimum Gasteiger partial charge on any atom is -0.400 e. The number of hydrogen-bond donors (Lipinski definition) is 5. The van der Waals surface area contributed by atoms with Gasteiger partial charge in [-0.05, 0) is 29.9 Å². The Bertz CT molecular complexity index is 644. The van der Waals surface area contributed by atoms with Gasteiger partial charge in [-0.1, -0.05) is 40.7 Å². The van der Waals surface area contributed by atoms with E-state index >= 15 is 0 Å². The molecule has 3 amide bonds. The van der Waals surface area contributed by atoms with Gasteiger partial charge in [-0.25, -0.2) is 10.5 Å². The molecule has 0 saturated carbocycles. The SMILES string of the molecule is CC(C)CC(CC(=O)NO)C(=O)NC(C(=O)Nc1ccccn1)C(C)(C)C.CO. The van der Waals surface area contributed by atoms with Crippen LogP contribution in [-0.2, 0) is 14.4 Å². The smallest absolute Gasteiger partial charge is 0.248 e. The van der Waals surface area contributed by atoms with Crippen LogP contribution in [-0.4, -0.2) is 46.2 Å². The van der Waals surface area contributed by atoms with Crippen LogP contribution in [0.2, 0.25) is 0 Å². The standard InChI is InChI=1S/C19H30N4O4.CH4O/c1-12(2)10-13(11-15(24)23-27)17(25)22-16(19(3,4)5)18(26)21-14-8-6-7-9-20-14;1-2/h6-9,12-13,16,27H,10-11H2,1-5H3,(H,22,25)(H,23,24)(H,20,21,26);2H,1H3. The van der Waals surface area contributed by atoms with E-state index in [1.165, 1.54) is 0 Å². The van der Waals surface area contributed by atoms with Crippen LogP contribution in [0.5, 0.6) is 0 Å². The Morgan fingerprint density at radius 1 is 1.10 bits per heavy atom. The molecule has 0 aromatic carbocycles. The second kappa shape index (κ2) is 12.8. The van der Waals surface area contributed by atoms with Crippen molar-refractivity contribution in [1.82, 2.24) is 15.8 Å². The van der Waals surface area contributed by atoms with Crippen molar-refractivity contribution in [1.29, 1.82) is 0 Å². The number of hydrogen-bond acceptors (Lipinski definition) is 6. The van der Waals surface area contributed by atoms with Crippen LogP contribution in [0, 0.1) is 17.3 Å². The molecular weight excluding hydrogens is 376 g/mol. The van der Waals surface area contributed by atoms with Gasteiger partial charge in [0.05, 0.1) is 0 Å². The number of aliphatic hydroxyl groups excluding tert-OH is 1. The number of nitrogens with zero attached hydrogens (tertiary/aromatic N) is 1. The van der Waals surface area contributed by atoms with Crippen molar-refractivity contribution >= 4 is 23.5 Å². The minimum atomic E-state index is -0.821. The maximum atomic E-state index is 12.8. The van der Waals surface area contributed by atoms with E-state index < -0.39 is 29.2 Å². The summed E-state index contributed by atoms with van der Waals surface area (Å²) in [6.07, 6.45) is 1.86. The molecule has 5 N–H and O–H groups in total. The van der Waals surface area contributed by atoms with Crippen molar-refractivity contribution in [2.75, 3.05) is 12.4 Å². The molecule has 0 aliphatic rings. The third kappa shape index (κ3) is 10.00. The molecule has 29 heavy (non-hydrogen) atoms. The summed E-state index contributed by atoms with van der Waals surface area (Å²) >= 11 is 0. The van der Waals surface area contributed by atoms with Crippen molar-refractivity contribution < 1.29 is 24.7 Å². The summed E-state index contributed by atoms with van der Waals surface area (Å²) in [7, 11) is 1.00. The maximum absolute atomic E-state index is 12.8. The maximum Gasteiger partial charge on any atom is 0.248 e. The molecule has 0 aliphatic carbocycles. The molecule has 0 bridgehead atoms. The summed E-state index contributed by atoms with van der Waals surface area (Å²) in [5, 5.41) is 21.2. The summed E-state index contributed by atoms with van der Waals surface area (Å²) in [6, 6.07) is 4.33. The normalized spacial score (nSPS) is 12.9. The first-order valence-electron chi connectivity index (χ1n) is 9.44. The quantitative estimate of drug-likeness (QED) is 0.326. The predicted octanol–water partition coefficient (Wildman–Crippen LogP) is 1.72. The van der Waals surface area contributed by atoms with Gasteiger partial charge in [0, 0.05) is 25.6 Å². The molecule has 1 heterocycles. The molecule has 1 aromatic rings. The lowest BCUT2D eigenvalue weighted by molar-refractivity contribution is -0.136. The molecule has 0 aliphatic heterocycles. The predicted molar refractivity (Wildman–Crippen MR) is 110 cm³/mol. The van der Waals surface area contributed by atoms with Crippen LogP contribution in [0.3, 0.4) is 0 Å². The summed E-state index contributed by atoms with van der Waals surface area (Å²) in [6.45, 7) is 9.40. The Balaban J connectivity index is 0.00000379. The first-order valence-corrected chi connectivity index (χ1v) is 9.44. The van der Waals surface area contributed by atoms with E-state index in [0.717, 1.165) is 7.11 Å². The van der Waals surface area contributed by atoms with Gasteiger partial charge in [-0.2, -0.15) is 0 Å². The first-order chi connectivity index (χ1) is 13.5. The molecule has 2 atom stereocenters. The van der Waals surface area contributed by atoms with E-state index in [2.05, 4.69) is 15.6 Å². The Morgan fingerprint density at radius 3 is 2.17 bits per heavy atom. The molecule has 1 rings (SSSR count). The van der Waals surface area contributed by atoms with Crippen LogP contribution < -0.4 is 16.1 Å². The Morgan fingerprint density at radius 2 is 1.72 bits per heavy atom. The molecule has 9 nitrogen and oxygen atoms in total. The minimum absolute atomic E-state index is 0.154. The van der Waals surface area contributed by atoms with Crippen molar-refractivity contribution in [2.24, 2.45) is 17.3 Å². The average Bonchev–Trinajstić information content (AvgIpc) is 2.66. The van der Waals surface area contributed by atoms with Crippen molar-refractivity contribution in [2.45, 2.75) is 53.5 Å². The van der Waals surface area contributed by atoms with Crippen LogP contribution in [0.4, 0.5) is 5.82 Å². The number of hydroxylamine groups is 1. The number of pyridine rings is 1. The van der Waals surface area contributed by atoms with Gasteiger partial charge in [0.2, 0.25) is 17.7 Å². The monoisotopic (exact) mass is 410 g/mol. The van der Waals surface area contributed by atoms with E-state index in [0.29, 0.717) is 12.2 Å². The van der Waals surface area contributed by atoms with E-state index in [1.54, 1.807) is 29.9 Å². The van der Waals surface area contributed by atoms with Gasteiger partial charge in [0.1, 0.15) is 11.9 Å². The Labute approximate surface area is 172 Å². The fourth-order valence-corrected chi connectivity index (χ4v) is 2.69. The molecule has 0 spiro atoms. The molecular formula is C20H34N4O5. The van der Waals surface area contributed by atoms with Crippen LogP contribution in [0.25, 0.3) is 0 Å². The highest BCUT2D eigenvalue weighted by Crippen LogP contribution is 2.23. The van der Waals surface area contributed by atoms with E-state index in [-0.39, 0.29) is 18.2 Å². The largest absolute Gasteiger partial charge is 0.400 e. The topological polar surface area (TPSA) is 141 Å². The highest BCUT2D eigenvalue weighted by Gasteiger charge is 2.35. The average molecular weight is 411 g/mol. The summed E-state index contributed by atoms with van der Waals surface area (Å²) < 4.78 is 0. The molecule has 0 radical (unpaired) electrons. The number of amides is 3. The van der Waals surface area contributed by atoms with Gasteiger partial charge in [-0.15, -0.1) is 0 Å². The zero-order valence-corrected chi connectivity index (χ0v) is 18.0. The summed E-state index contributed by atoms with van der Waals surface area (Å²) in [4.78, 5) is 41.1. The second-order valence-corrected chi connectivity index (χ2v) is 8.08. The lowest BCUT2D eigenvalue weighted by Crippen LogP contribution is -2.53. The molecule has 9 heteroatoms. The van der Waals surface area contributed by atoms with Crippen molar-refractivity contribution in [3.63, 3.8) is 0 Å². The first kappa shape index (κ1) is 26.5. The molecule has 0 fully saturated rings. The Kier molecular flexibility index (Phi) is 11.7. The van der Waals surface area contributed by atoms with E-state index in [9.17, 15) is 14.4 Å². The zero-order chi connectivity index (χ0) is 22.6.